The Bertz CT molecular complexity index is 665. The van der Waals surface area contributed by atoms with Crippen molar-refractivity contribution < 1.29 is 0 Å². The van der Waals surface area contributed by atoms with Crippen LogP contribution < -0.4 is 5.73 Å². The molecule has 0 saturated carbocycles. The third-order valence-corrected chi connectivity index (χ3v) is 3.09. The third kappa shape index (κ3) is 1.89. The Morgan fingerprint density at radius 2 is 2.18 bits per heavy atom. The van der Waals surface area contributed by atoms with Gasteiger partial charge in [0.1, 0.15) is 5.03 Å². The largest absolute Gasteiger partial charge is 0.397 e. The van der Waals surface area contributed by atoms with Gasteiger partial charge in [0, 0.05) is 11.1 Å². The molecule has 0 aromatic carbocycles. The zero-order chi connectivity index (χ0) is 11.7. The molecule has 0 saturated heterocycles. The minimum absolute atomic E-state index is 0.608. The molecular weight excluding hydrogens is 238 g/mol. The quantitative estimate of drug-likeness (QED) is 0.708. The first-order chi connectivity index (χ1) is 8.33. The first-order valence-electron chi connectivity index (χ1n) is 4.76. The predicted molar refractivity (Wildman–Crippen MR) is 61.3 cm³/mol. The normalized spacial score (nSPS) is 10.8. The summed E-state index contributed by atoms with van der Waals surface area (Å²) < 4.78 is 1.37. The van der Waals surface area contributed by atoms with Gasteiger partial charge in [-0.15, -0.1) is 14.8 Å². The van der Waals surface area contributed by atoms with Crippen molar-refractivity contribution in [2.75, 3.05) is 5.73 Å². The summed E-state index contributed by atoms with van der Waals surface area (Å²) in [7, 11) is 0. The van der Waals surface area contributed by atoms with E-state index in [-0.39, 0.29) is 0 Å². The van der Waals surface area contributed by atoms with Crippen molar-refractivity contribution in [1.29, 1.82) is 0 Å². The smallest absolute Gasteiger partial charge is 0.200 e. The van der Waals surface area contributed by atoms with E-state index in [0.717, 1.165) is 9.92 Å². The number of pyridine rings is 1. The molecule has 0 fully saturated rings. The molecule has 0 radical (unpaired) electrons. The van der Waals surface area contributed by atoms with Gasteiger partial charge in [0.25, 0.3) is 0 Å². The number of hydrogen-bond acceptors (Lipinski definition) is 7. The van der Waals surface area contributed by atoms with Gasteiger partial charge in [-0.25, -0.2) is 0 Å². The van der Waals surface area contributed by atoms with Crippen molar-refractivity contribution in [1.82, 2.24) is 30.2 Å². The maximum absolute atomic E-state index is 5.80. The lowest BCUT2D eigenvalue weighted by Crippen LogP contribution is -1.96. The average Bonchev–Trinajstić information content (AvgIpc) is 2.79. The molecule has 0 bridgehead atoms. The molecule has 17 heavy (non-hydrogen) atoms. The van der Waals surface area contributed by atoms with E-state index < -0.39 is 0 Å². The Kier molecular flexibility index (Phi) is 2.33. The minimum Gasteiger partial charge on any atom is -0.397 e. The highest BCUT2D eigenvalue weighted by Gasteiger charge is 2.05. The fourth-order valence-electron chi connectivity index (χ4n) is 1.29. The van der Waals surface area contributed by atoms with Crippen LogP contribution >= 0.6 is 11.8 Å². The molecule has 3 aromatic rings. The molecule has 3 rings (SSSR count). The molecule has 7 nitrogen and oxygen atoms in total. The second-order valence-corrected chi connectivity index (χ2v) is 4.28. The number of nitrogen functional groups attached to an aromatic ring is 1. The van der Waals surface area contributed by atoms with Gasteiger partial charge in [-0.2, -0.15) is 0 Å². The van der Waals surface area contributed by atoms with Crippen molar-refractivity contribution in [3.8, 4) is 0 Å². The zero-order valence-corrected chi connectivity index (χ0v) is 9.37. The Balaban J connectivity index is 1.97. The van der Waals surface area contributed by atoms with Crippen LogP contribution in [0.3, 0.4) is 0 Å². The van der Waals surface area contributed by atoms with E-state index >= 15 is 0 Å². The van der Waals surface area contributed by atoms with Gasteiger partial charge in [0.15, 0.2) is 5.65 Å². The summed E-state index contributed by atoms with van der Waals surface area (Å²) in [6, 6.07) is 5.48. The van der Waals surface area contributed by atoms with Crippen LogP contribution in [0, 0.1) is 0 Å². The van der Waals surface area contributed by atoms with E-state index in [4.69, 9.17) is 5.73 Å². The van der Waals surface area contributed by atoms with E-state index in [1.165, 1.54) is 16.4 Å². The third-order valence-electron chi connectivity index (χ3n) is 2.07. The van der Waals surface area contributed by atoms with Crippen molar-refractivity contribution in [3.05, 3.63) is 30.6 Å². The standard InChI is InChI=1S/C9H7N7S/c10-6-5-11-4-3-7(6)17-9-2-1-8-12-14-15-16(8)13-9/h1-5H,10H2. The van der Waals surface area contributed by atoms with E-state index in [2.05, 4.69) is 25.6 Å². The highest BCUT2D eigenvalue weighted by Crippen LogP contribution is 2.29. The Hall–Kier alpha value is -2.22. The first kappa shape index (κ1) is 9.97. The van der Waals surface area contributed by atoms with Gasteiger partial charge in [0.2, 0.25) is 0 Å². The second kappa shape index (κ2) is 3.98. The van der Waals surface area contributed by atoms with Crippen LogP contribution in [0.15, 0.2) is 40.5 Å². The monoisotopic (exact) mass is 245 g/mol. The van der Waals surface area contributed by atoms with Crippen LogP contribution in [0.5, 0.6) is 0 Å². The molecule has 0 spiro atoms. The number of fused-ring (bicyclic) bond motifs is 1. The van der Waals surface area contributed by atoms with Crippen molar-refractivity contribution in [2.24, 2.45) is 0 Å². The van der Waals surface area contributed by atoms with Crippen molar-refractivity contribution in [3.63, 3.8) is 0 Å². The van der Waals surface area contributed by atoms with Gasteiger partial charge >= 0.3 is 0 Å². The van der Waals surface area contributed by atoms with Crippen LogP contribution in [0.2, 0.25) is 0 Å². The molecule has 0 atom stereocenters. The summed E-state index contributed by atoms with van der Waals surface area (Å²) >= 11 is 1.44. The van der Waals surface area contributed by atoms with E-state index in [9.17, 15) is 0 Å². The van der Waals surface area contributed by atoms with Crippen LogP contribution in [0.25, 0.3) is 5.65 Å². The first-order valence-corrected chi connectivity index (χ1v) is 5.57. The summed E-state index contributed by atoms with van der Waals surface area (Å²) in [6.45, 7) is 0. The summed E-state index contributed by atoms with van der Waals surface area (Å²) in [5.74, 6) is 0. The molecule has 8 heteroatoms. The maximum atomic E-state index is 5.80. The van der Waals surface area contributed by atoms with E-state index in [0.29, 0.717) is 11.3 Å². The molecular formula is C9H7N7S. The zero-order valence-electron chi connectivity index (χ0n) is 8.56. The van der Waals surface area contributed by atoms with Gasteiger partial charge in [-0.3, -0.25) is 4.98 Å². The van der Waals surface area contributed by atoms with Crippen molar-refractivity contribution >= 4 is 23.1 Å². The maximum Gasteiger partial charge on any atom is 0.200 e. The second-order valence-electron chi connectivity index (χ2n) is 3.21. The van der Waals surface area contributed by atoms with Crippen LogP contribution in [-0.4, -0.2) is 30.2 Å². The molecule has 0 aliphatic carbocycles. The van der Waals surface area contributed by atoms with Gasteiger partial charge in [-0.05, 0) is 28.6 Å². The lowest BCUT2D eigenvalue weighted by molar-refractivity contribution is 0.702. The molecule has 3 aromatic heterocycles. The number of aromatic nitrogens is 6. The lowest BCUT2D eigenvalue weighted by Gasteiger charge is -2.02. The van der Waals surface area contributed by atoms with E-state index in [1.807, 2.05) is 12.1 Å². The van der Waals surface area contributed by atoms with Gasteiger partial charge in [0.05, 0.1) is 11.9 Å². The fourth-order valence-corrected chi connectivity index (χ4v) is 2.07. The summed E-state index contributed by atoms with van der Waals surface area (Å²) in [5.41, 5.74) is 7.03. The van der Waals surface area contributed by atoms with Gasteiger partial charge in [-0.1, -0.05) is 11.8 Å². The highest BCUT2D eigenvalue weighted by molar-refractivity contribution is 7.99. The number of tetrazole rings is 1. The number of anilines is 1. The fraction of sp³-hybridized carbons (Fsp3) is 0. The van der Waals surface area contributed by atoms with Crippen molar-refractivity contribution in [2.45, 2.75) is 9.92 Å². The molecule has 3 heterocycles. The predicted octanol–water partition coefficient (Wildman–Crippen LogP) is 0.648. The van der Waals surface area contributed by atoms with Gasteiger partial charge < -0.3 is 5.73 Å². The number of rotatable bonds is 2. The Morgan fingerprint density at radius 1 is 1.24 bits per heavy atom. The van der Waals surface area contributed by atoms with Crippen LogP contribution in [-0.2, 0) is 0 Å². The number of nitrogens with two attached hydrogens (primary N) is 1. The SMILES string of the molecule is Nc1cnccc1Sc1ccc2nnnn2n1. The highest BCUT2D eigenvalue weighted by atomic mass is 32.2. The summed E-state index contributed by atoms with van der Waals surface area (Å²) in [4.78, 5) is 4.83. The topological polar surface area (TPSA) is 94.9 Å². The number of nitrogens with zero attached hydrogens (tertiary/aromatic N) is 6. The van der Waals surface area contributed by atoms with Crippen LogP contribution in [0.4, 0.5) is 5.69 Å². The molecule has 0 aliphatic rings. The molecule has 84 valence electrons. The van der Waals surface area contributed by atoms with E-state index in [1.54, 1.807) is 18.5 Å². The molecule has 0 unspecified atom stereocenters. The Labute approximate surface area is 100 Å². The molecule has 2 N–H and O–H groups in total. The number of hydrogen-bond donors (Lipinski definition) is 1. The van der Waals surface area contributed by atoms with Crippen LogP contribution in [0.1, 0.15) is 0 Å². The average molecular weight is 245 g/mol. The summed E-state index contributed by atoms with van der Waals surface area (Å²) in [5, 5.41) is 16.0. The lowest BCUT2D eigenvalue weighted by atomic mass is 10.4. The minimum atomic E-state index is 0.608. The Morgan fingerprint density at radius 3 is 3.06 bits per heavy atom. The molecule has 0 aliphatic heterocycles. The summed E-state index contributed by atoms with van der Waals surface area (Å²) in [6.07, 6.45) is 3.30. The molecule has 0 amide bonds.